The van der Waals surface area contributed by atoms with Crippen LogP contribution >= 0.6 is 28.3 Å². The molecular weight excluding hydrogens is 377 g/mol. The van der Waals surface area contributed by atoms with Gasteiger partial charge in [-0.2, -0.15) is 13.2 Å². The summed E-state index contributed by atoms with van der Waals surface area (Å²) in [6.45, 7) is 1.89. The Morgan fingerprint density at radius 2 is 1.82 bits per heavy atom. The van der Waals surface area contributed by atoms with Gasteiger partial charge in [0, 0.05) is 16.9 Å². The van der Waals surface area contributed by atoms with Gasteiger partial charge >= 0.3 is 6.18 Å². The fourth-order valence-corrected chi connectivity index (χ4v) is 3.61. The summed E-state index contributed by atoms with van der Waals surface area (Å²) < 4.78 is 39.2. The van der Waals surface area contributed by atoms with Crippen LogP contribution in [0.4, 0.5) is 13.2 Å². The summed E-state index contributed by atoms with van der Waals surface area (Å²) in [4.78, 5) is 4.47. The third-order valence-electron chi connectivity index (χ3n) is 3.72. The summed E-state index contributed by atoms with van der Waals surface area (Å²) in [6.07, 6.45) is -2.36. The fourth-order valence-electron chi connectivity index (χ4n) is 2.62. The number of benzene rings is 1. The van der Waals surface area contributed by atoms with Crippen molar-refractivity contribution in [1.82, 2.24) is 10.3 Å². The second-order valence-electron chi connectivity index (χ2n) is 5.14. The summed E-state index contributed by atoms with van der Waals surface area (Å²) in [5.74, 6) is 0.364. The van der Waals surface area contributed by atoms with E-state index in [4.69, 9.17) is 0 Å². The highest BCUT2D eigenvalue weighted by Gasteiger charge is 2.34. The van der Waals surface area contributed by atoms with Crippen LogP contribution in [0.3, 0.4) is 0 Å². The van der Waals surface area contributed by atoms with Crippen LogP contribution in [0.5, 0.6) is 0 Å². The van der Waals surface area contributed by atoms with Crippen molar-refractivity contribution in [2.75, 3.05) is 13.1 Å². The number of alkyl halides is 3. The quantitative estimate of drug-likeness (QED) is 0.787. The predicted molar refractivity (Wildman–Crippen MR) is 87.7 cm³/mol. The number of hydrogen-bond donors (Lipinski definition) is 1. The lowest BCUT2D eigenvalue weighted by molar-refractivity contribution is -0.137. The monoisotopic (exact) mass is 392 g/mol. The highest BCUT2D eigenvalue weighted by Crippen LogP contribution is 2.38. The predicted octanol–water partition coefficient (Wildman–Crippen LogP) is 4.87. The first-order chi connectivity index (χ1) is 10.1. The van der Waals surface area contributed by atoms with Crippen molar-refractivity contribution in [2.45, 2.75) is 24.9 Å². The van der Waals surface area contributed by atoms with Gasteiger partial charge in [0.25, 0.3) is 0 Å². The molecule has 1 N–H and O–H groups in total. The normalized spacial score (nSPS) is 16.3. The van der Waals surface area contributed by atoms with E-state index >= 15 is 0 Å². The number of nitrogens with zero attached hydrogens (tertiary/aromatic N) is 1. The minimum absolute atomic E-state index is 0. The van der Waals surface area contributed by atoms with Gasteiger partial charge in [0.15, 0.2) is 0 Å². The summed E-state index contributed by atoms with van der Waals surface area (Å²) >= 11 is 1.46. The zero-order valence-electron chi connectivity index (χ0n) is 11.7. The van der Waals surface area contributed by atoms with Gasteiger partial charge in [-0.25, -0.2) is 4.98 Å². The highest BCUT2D eigenvalue weighted by atomic mass is 79.9. The van der Waals surface area contributed by atoms with Crippen LogP contribution in [0.2, 0.25) is 0 Å². The zero-order valence-corrected chi connectivity index (χ0v) is 14.2. The molecule has 1 fully saturated rings. The van der Waals surface area contributed by atoms with Crippen LogP contribution in [-0.4, -0.2) is 18.1 Å². The first-order valence-corrected chi connectivity index (χ1v) is 7.76. The van der Waals surface area contributed by atoms with Gasteiger partial charge in [0.05, 0.1) is 16.3 Å². The molecule has 1 aromatic carbocycles. The van der Waals surface area contributed by atoms with Crippen LogP contribution in [0.25, 0.3) is 11.3 Å². The zero-order chi connectivity index (χ0) is 14.9. The highest BCUT2D eigenvalue weighted by molar-refractivity contribution is 8.93. The molecule has 0 bridgehead atoms. The third kappa shape index (κ3) is 3.70. The summed E-state index contributed by atoms with van der Waals surface area (Å²) in [5.41, 5.74) is -0.0185. The van der Waals surface area contributed by atoms with Gasteiger partial charge in [-0.05, 0) is 32.0 Å². The average Bonchev–Trinajstić information content (AvgIpc) is 2.97. The van der Waals surface area contributed by atoms with Crippen LogP contribution in [0.1, 0.15) is 29.3 Å². The van der Waals surface area contributed by atoms with Gasteiger partial charge < -0.3 is 5.32 Å². The molecule has 0 atom stereocenters. The van der Waals surface area contributed by atoms with Gasteiger partial charge in [-0.3, -0.25) is 0 Å². The summed E-state index contributed by atoms with van der Waals surface area (Å²) in [6, 6.07) is 5.63. The Kier molecular flexibility index (Phi) is 5.63. The molecule has 1 saturated heterocycles. The van der Waals surface area contributed by atoms with Crippen LogP contribution in [0, 0.1) is 0 Å². The minimum atomic E-state index is -4.35. The van der Waals surface area contributed by atoms with E-state index in [-0.39, 0.29) is 22.5 Å². The maximum atomic E-state index is 13.1. The first-order valence-electron chi connectivity index (χ1n) is 6.88. The number of hydrogen-bond acceptors (Lipinski definition) is 3. The third-order valence-corrected chi connectivity index (χ3v) is 4.73. The molecule has 1 aromatic heterocycles. The summed E-state index contributed by atoms with van der Waals surface area (Å²) in [7, 11) is 0. The van der Waals surface area contributed by atoms with Crippen molar-refractivity contribution in [3.63, 3.8) is 0 Å². The minimum Gasteiger partial charge on any atom is -0.317 e. The number of piperidine rings is 1. The van der Waals surface area contributed by atoms with Crippen molar-refractivity contribution in [2.24, 2.45) is 0 Å². The van der Waals surface area contributed by atoms with Crippen molar-refractivity contribution in [1.29, 1.82) is 0 Å². The fraction of sp³-hybridized carbons (Fsp3) is 0.400. The number of thiazole rings is 1. The lowest BCUT2D eigenvalue weighted by atomic mass is 9.99. The molecule has 2 aromatic rings. The van der Waals surface area contributed by atoms with Crippen LogP contribution in [-0.2, 0) is 6.18 Å². The van der Waals surface area contributed by atoms with Crippen molar-refractivity contribution >= 4 is 28.3 Å². The van der Waals surface area contributed by atoms with Crippen molar-refractivity contribution in [3.8, 4) is 11.3 Å². The second-order valence-corrected chi connectivity index (χ2v) is 6.03. The van der Waals surface area contributed by atoms with E-state index in [1.807, 2.05) is 0 Å². The van der Waals surface area contributed by atoms with Gasteiger partial charge in [0.1, 0.15) is 0 Å². The summed E-state index contributed by atoms with van der Waals surface area (Å²) in [5, 5.41) is 5.97. The van der Waals surface area contributed by atoms with Gasteiger partial charge in [-0.15, -0.1) is 28.3 Å². The SMILES string of the molecule is Br.FC(F)(F)c1ccccc1-c1csc(C2CCNCC2)n1. The van der Waals surface area contributed by atoms with Gasteiger partial charge in [0.2, 0.25) is 0 Å². The molecule has 0 aliphatic carbocycles. The molecule has 0 spiro atoms. The maximum absolute atomic E-state index is 13.1. The molecule has 22 heavy (non-hydrogen) atoms. The molecule has 0 saturated carbocycles. The Bertz CT molecular complexity index is 621. The van der Waals surface area contributed by atoms with Crippen molar-refractivity contribution in [3.05, 3.63) is 40.2 Å². The Labute approximate surface area is 141 Å². The molecule has 7 heteroatoms. The molecule has 0 radical (unpaired) electrons. The number of nitrogens with one attached hydrogen (secondary N) is 1. The first kappa shape index (κ1) is 17.4. The molecular formula is C15H16BrF3N2S. The Morgan fingerprint density at radius 3 is 2.50 bits per heavy atom. The molecule has 0 unspecified atom stereocenters. The lowest BCUT2D eigenvalue weighted by Crippen LogP contribution is -2.26. The Morgan fingerprint density at radius 1 is 1.14 bits per heavy atom. The van der Waals surface area contributed by atoms with Crippen LogP contribution < -0.4 is 5.32 Å². The number of halogens is 4. The largest absolute Gasteiger partial charge is 0.417 e. The number of rotatable bonds is 2. The smallest absolute Gasteiger partial charge is 0.317 e. The van der Waals surface area contributed by atoms with E-state index in [0.29, 0.717) is 11.6 Å². The van der Waals surface area contributed by atoms with E-state index in [0.717, 1.165) is 37.0 Å². The Hall–Kier alpha value is -0.920. The van der Waals surface area contributed by atoms with E-state index in [1.165, 1.54) is 23.5 Å². The van der Waals surface area contributed by atoms with Gasteiger partial charge in [-0.1, -0.05) is 18.2 Å². The topological polar surface area (TPSA) is 24.9 Å². The standard InChI is InChI=1S/C15H15F3N2S.BrH/c16-15(17,18)12-4-2-1-3-11(12)13-9-21-14(20-13)10-5-7-19-8-6-10;/h1-4,9-10,19H,5-8H2;1H. The van der Waals surface area contributed by atoms with Crippen LogP contribution in [0.15, 0.2) is 29.6 Å². The van der Waals surface area contributed by atoms with E-state index < -0.39 is 11.7 Å². The molecule has 1 aliphatic rings. The Balaban J connectivity index is 0.00000176. The van der Waals surface area contributed by atoms with E-state index in [1.54, 1.807) is 11.4 Å². The molecule has 2 nitrogen and oxygen atoms in total. The van der Waals surface area contributed by atoms with E-state index in [2.05, 4.69) is 10.3 Å². The lowest BCUT2D eigenvalue weighted by Gasteiger charge is -2.20. The molecule has 3 rings (SSSR count). The second kappa shape index (κ2) is 7.10. The van der Waals surface area contributed by atoms with Crippen molar-refractivity contribution < 1.29 is 13.2 Å². The average molecular weight is 393 g/mol. The van der Waals surface area contributed by atoms with E-state index in [9.17, 15) is 13.2 Å². The molecule has 0 amide bonds. The molecule has 1 aliphatic heterocycles. The molecule has 120 valence electrons. The number of aromatic nitrogens is 1. The maximum Gasteiger partial charge on any atom is 0.417 e. The molecule has 2 heterocycles.